The zero-order valence-electron chi connectivity index (χ0n) is 5.80. The van der Waals surface area contributed by atoms with E-state index in [1.165, 1.54) is 12.8 Å². The number of fused-ring (bicyclic) bond motifs is 2. The molecule has 2 rings (SSSR count). The lowest BCUT2D eigenvalue weighted by Crippen LogP contribution is -2.20. The third-order valence-electron chi connectivity index (χ3n) is 2.72. The topological polar surface area (TPSA) is 0 Å². The lowest BCUT2D eigenvalue weighted by atomic mass is 9.95. The summed E-state index contributed by atoms with van der Waals surface area (Å²) in [4.78, 5) is 0. The van der Waals surface area contributed by atoms with E-state index in [0.717, 1.165) is 11.8 Å². The Morgan fingerprint density at radius 1 is 1.56 bits per heavy atom. The van der Waals surface area contributed by atoms with E-state index in [1.54, 1.807) is 0 Å². The fraction of sp³-hybridized carbons (Fsp3) is 0.750. The van der Waals surface area contributed by atoms with E-state index in [4.69, 9.17) is 0 Å². The van der Waals surface area contributed by atoms with Crippen molar-refractivity contribution in [3.8, 4) is 0 Å². The molecular formula is C8H13P. The number of rotatable bonds is 0. The van der Waals surface area contributed by atoms with Crippen LogP contribution in [0.25, 0.3) is 0 Å². The average Bonchev–Trinajstić information content (AvgIpc) is 2.19. The van der Waals surface area contributed by atoms with Crippen molar-refractivity contribution in [2.24, 2.45) is 11.8 Å². The van der Waals surface area contributed by atoms with Gasteiger partial charge in [-0.3, -0.25) is 0 Å². The SMILES string of the molecule is CC1(P)CC2C=CC1C2. The molecule has 2 aliphatic rings. The monoisotopic (exact) mass is 140 g/mol. The van der Waals surface area contributed by atoms with Crippen molar-refractivity contribution in [3.63, 3.8) is 0 Å². The minimum atomic E-state index is 0.541. The summed E-state index contributed by atoms with van der Waals surface area (Å²) in [7, 11) is 2.99. The zero-order valence-corrected chi connectivity index (χ0v) is 6.96. The quantitative estimate of drug-likeness (QED) is 0.357. The van der Waals surface area contributed by atoms with E-state index in [9.17, 15) is 0 Å². The fourth-order valence-electron chi connectivity index (χ4n) is 2.13. The maximum Gasteiger partial charge on any atom is -0.0110 e. The summed E-state index contributed by atoms with van der Waals surface area (Å²) in [5.74, 6) is 1.78. The van der Waals surface area contributed by atoms with Crippen molar-refractivity contribution >= 4 is 9.24 Å². The first-order chi connectivity index (χ1) is 4.18. The van der Waals surface area contributed by atoms with Gasteiger partial charge in [0, 0.05) is 0 Å². The first-order valence-corrected chi connectivity index (χ1v) is 4.23. The van der Waals surface area contributed by atoms with Crippen molar-refractivity contribution in [2.45, 2.75) is 24.9 Å². The summed E-state index contributed by atoms with van der Waals surface area (Å²) in [6, 6.07) is 0. The molecule has 1 saturated carbocycles. The highest BCUT2D eigenvalue weighted by Gasteiger charge is 2.41. The Bertz CT molecular complexity index is 158. The van der Waals surface area contributed by atoms with E-state index in [2.05, 4.69) is 28.3 Å². The Kier molecular flexibility index (Phi) is 1.06. The van der Waals surface area contributed by atoms with Crippen molar-refractivity contribution < 1.29 is 0 Å². The molecule has 0 aliphatic heterocycles. The molecule has 0 amide bonds. The van der Waals surface area contributed by atoms with Crippen LogP contribution in [0.3, 0.4) is 0 Å². The second-order valence-electron chi connectivity index (χ2n) is 3.70. The molecule has 4 atom stereocenters. The van der Waals surface area contributed by atoms with Gasteiger partial charge in [-0.25, -0.2) is 0 Å². The minimum absolute atomic E-state index is 0.541. The summed E-state index contributed by atoms with van der Waals surface area (Å²) in [5.41, 5.74) is 0. The van der Waals surface area contributed by atoms with Gasteiger partial charge < -0.3 is 0 Å². The zero-order chi connectivity index (χ0) is 6.48. The Hall–Kier alpha value is 0.170. The molecule has 2 bridgehead atoms. The Labute approximate surface area is 58.9 Å². The van der Waals surface area contributed by atoms with Crippen LogP contribution in [-0.4, -0.2) is 5.16 Å². The molecule has 0 spiro atoms. The maximum absolute atomic E-state index is 2.99. The molecule has 0 aromatic rings. The van der Waals surface area contributed by atoms with Gasteiger partial charge >= 0.3 is 0 Å². The summed E-state index contributed by atoms with van der Waals surface area (Å²) in [6.45, 7) is 2.35. The van der Waals surface area contributed by atoms with Crippen LogP contribution in [0.5, 0.6) is 0 Å². The minimum Gasteiger partial charge on any atom is -0.131 e. The van der Waals surface area contributed by atoms with Gasteiger partial charge in [0.05, 0.1) is 0 Å². The summed E-state index contributed by atoms with van der Waals surface area (Å²) in [6.07, 6.45) is 7.58. The molecule has 0 heterocycles. The fourth-order valence-corrected chi connectivity index (χ4v) is 2.68. The Balaban J connectivity index is 2.29. The first-order valence-electron chi connectivity index (χ1n) is 3.66. The summed E-state index contributed by atoms with van der Waals surface area (Å²) >= 11 is 0. The highest BCUT2D eigenvalue weighted by molar-refractivity contribution is 7.19. The van der Waals surface area contributed by atoms with E-state index >= 15 is 0 Å². The maximum atomic E-state index is 2.99. The van der Waals surface area contributed by atoms with E-state index in [-0.39, 0.29) is 0 Å². The van der Waals surface area contributed by atoms with E-state index in [1.807, 2.05) is 0 Å². The molecule has 2 aliphatic carbocycles. The third kappa shape index (κ3) is 0.765. The largest absolute Gasteiger partial charge is 0.131 e. The molecule has 9 heavy (non-hydrogen) atoms. The van der Waals surface area contributed by atoms with Crippen molar-refractivity contribution in [1.29, 1.82) is 0 Å². The van der Waals surface area contributed by atoms with Crippen LogP contribution in [0.4, 0.5) is 0 Å². The smallest absolute Gasteiger partial charge is 0.0110 e. The molecule has 0 aromatic carbocycles. The van der Waals surface area contributed by atoms with Crippen LogP contribution in [0, 0.1) is 11.8 Å². The van der Waals surface area contributed by atoms with E-state index < -0.39 is 0 Å². The van der Waals surface area contributed by atoms with Crippen LogP contribution in [0.15, 0.2) is 12.2 Å². The highest BCUT2D eigenvalue weighted by atomic mass is 31.0. The van der Waals surface area contributed by atoms with E-state index in [0.29, 0.717) is 5.16 Å². The molecule has 50 valence electrons. The third-order valence-corrected chi connectivity index (χ3v) is 3.39. The van der Waals surface area contributed by atoms with Crippen LogP contribution >= 0.6 is 9.24 Å². The predicted molar refractivity (Wildman–Crippen MR) is 43.5 cm³/mol. The molecule has 4 unspecified atom stereocenters. The van der Waals surface area contributed by atoms with Crippen molar-refractivity contribution in [1.82, 2.24) is 0 Å². The molecule has 0 aromatic heterocycles. The lowest BCUT2D eigenvalue weighted by molar-refractivity contribution is 0.547. The van der Waals surface area contributed by atoms with Crippen molar-refractivity contribution in [3.05, 3.63) is 12.2 Å². The Morgan fingerprint density at radius 3 is 2.56 bits per heavy atom. The molecule has 1 heteroatoms. The molecule has 1 fully saturated rings. The Morgan fingerprint density at radius 2 is 2.33 bits per heavy atom. The number of hydrogen-bond acceptors (Lipinski definition) is 0. The van der Waals surface area contributed by atoms with Gasteiger partial charge in [0.1, 0.15) is 0 Å². The summed E-state index contributed by atoms with van der Waals surface area (Å²) in [5, 5.41) is 0.541. The van der Waals surface area contributed by atoms with Gasteiger partial charge in [-0.05, 0) is 29.8 Å². The standard InChI is InChI=1S/C8H13P/c1-8(9)5-6-2-3-7(8)4-6/h2-3,6-7H,4-5,9H2,1H3. The predicted octanol–water partition coefficient (Wildman–Crippen LogP) is 2.22. The lowest BCUT2D eigenvalue weighted by Gasteiger charge is -2.25. The van der Waals surface area contributed by atoms with Crippen LogP contribution in [0.1, 0.15) is 19.8 Å². The first kappa shape index (κ1) is 5.92. The molecule has 0 saturated heterocycles. The average molecular weight is 140 g/mol. The van der Waals surface area contributed by atoms with Gasteiger partial charge in [0.15, 0.2) is 0 Å². The summed E-state index contributed by atoms with van der Waals surface area (Å²) < 4.78 is 0. The molecule has 0 radical (unpaired) electrons. The second-order valence-corrected chi connectivity index (χ2v) is 5.02. The van der Waals surface area contributed by atoms with Crippen LogP contribution in [-0.2, 0) is 0 Å². The molecular weight excluding hydrogens is 127 g/mol. The van der Waals surface area contributed by atoms with Gasteiger partial charge in [-0.2, -0.15) is 0 Å². The van der Waals surface area contributed by atoms with Crippen LogP contribution in [0.2, 0.25) is 0 Å². The van der Waals surface area contributed by atoms with Gasteiger partial charge in [-0.15, -0.1) is 9.24 Å². The van der Waals surface area contributed by atoms with Crippen LogP contribution < -0.4 is 0 Å². The highest BCUT2D eigenvalue weighted by Crippen LogP contribution is 2.50. The van der Waals surface area contributed by atoms with Gasteiger partial charge in [-0.1, -0.05) is 19.1 Å². The normalized spacial score (nSPS) is 54.9. The number of hydrogen-bond donors (Lipinski definition) is 0. The molecule has 0 nitrogen and oxygen atoms in total. The molecule has 0 N–H and O–H groups in total. The van der Waals surface area contributed by atoms with Gasteiger partial charge in [0.2, 0.25) is 0 Å². The second kappa shape index (κ2) is 1.61. The van der Waals surface area contributed by atoms with Gasteiger partial charge in [0.25, 0.3) is 0 Å². The van der Waals surface area contributed by atoms with Crippen molar-refractivity contribution in [2.75, 3.05) is 0 Å². The number of allylic oxidation sites excluding steroid dienone is 2.